The van der Waals surface area contributed by atoms with Crippen LogP contribution >= 0.6 is 24.0 Å². The van der Waals surface area contributed by atoms with Gasteiger partial charge in [-0.15, -0.1) is 24.0 Å². The molecule has 0 aliphatic heterocycles. The zero-order chi connectivity index (χ0) is 23.0. The van der Waals surface area contributed by atoms with Gasteiger partial charge in [0.05, 0.1) is 25.7 Å². The van der Waals surface area contributed by atoms with Gasteiger partial charge >= 0.3 is 0 Å². The zero-order valence-electron chi connectivity index (χ0n) is 20.5. The molecule has 1 saturated carbocycles. The van der Waals surface area contributed by atoms with E-state index in [1.165, 1.54) is 0 Å². The summed E-state index contributed by atoms with van der Waals surface area (Å²) in [6, 6.07) is 6.08. The molecule has 1 amide bonds. The number of nitrogens with zero attached hydrogens (tertiary/aromatic N) is 3. The summed E-state index contributed by atoms with van der Waals surface area (Å²) in [5.41, 5.74) is 0.770. The number of hydrogen-bond donors (Lipinski definition) is 2. The van der Waals surface area contributed by atoms with Crippen molar-refractivity contribution < 1.29 is 14.3 Å². The third kappa shape index (κ3) is 6.87. The van der Waals surface area contributed by atoms with Crippen LogP contribution in [0.4, 0.5) is 0 Å². The molecule has 9 heteroatoms. The molecule has 0 radical (unpaired) electrons. The van der Waals surface area contributed by atoms with Crippen LogP contribution < -0.4 is 20.1 Å². The van der Waals surface area contributed by atoms with Crippen LogP contribution in [0.2, 0.25) is 0 Å². The lowest BCUT2D eigenvalue weighted by atomic mass is 9.84. The van der Waals surface area contributed by atoms with Crippen LogP contribution in [0.3, 0.4) is 0 Å². The van der Waals surface area contributed by atoms with Gasteiger partial charge in [-0.25, -0.2) is 0 Å². The Morgan fingerprint density at radius 2 is 1.72 bits per heavy atom. The number of guanidine groups is 1. The molecule has 32 heavy (non-hydrogen) atoms. The van der Waals surface area contributed by atoms with Crippen LogP contribution in [-0.4, -0.2) is 84.2 Å². The van der Waals surface area contributed by atoms with Crippen LogP contribution in [0.25, 0.3) is 0 Å². The minimum absolute atomic E-state index is 0. The molecular formula is C23H40IN5O3. The summed E-state index contributed by atoms with van der Waals surface area (Å²) in [6.07, 6.45) is 4.02. The van der Waals surface area contributed by atoms with Gasteiger partial charge in [0, 0.05) is 34.2 Å². The average Bonchev–Trinajstić information content (AvgIpc) is 3.24. The Hall–Kier alpha value is -1.75. The fourth-order valence-electron chi connectivity index (χ4n) is 4.32. The lowest BCUT2D eigenvalue weighted by Crippen LogP contribution is -2.50. The number of carbonyl (C=O) groups excluding carboxylic acids is 1. The second-order valence-corrected chi connectivity index (χ2v) is 8.59. The topological polar surface area (TPSA) is 78.4 Å². The third-order valence-corrected chi connectivity index (χ3v) is 6.12. The van der Waals surface area contributed by atoms with Gasteiger partial charge < -0.3 is 29.9 Å². The van der Waals surface area contributed by atoms with Crippen molar-refractivity contribution in [1.82, 2.24) is 20.4 Å². The van der Waals surface area contributed by atoms with Crippen molar-refractivity contribution in [3.63, 3.8) is 0 Å². The van der Waals surface area contributed by atoms with Crippen molar-refractivity contribution in [3.05, 3.63) is 23.8 Å². The number of likely N-dealkylation sites (N-methyl/N-ethyl adjacent to an activating group) is 1. The Morgan fingerprint density at radius 1 is 1.09 bits per heavy atom. The number of rotatable bonds is 9. The minimum Gasteiger partial charge on any atom is -0.493 e. The van der Waals surface area contributed by atoms with Crippen LogP contribution in [-0.2, 0) is 4.79 Å². The monoisotopic (exact) mass is 561 g/mol. The van der Waals surface area contributed by atoms with E-state index in [0.29, 0.717) is 30.5 Å². The van der Waals surface area contributed by atoms with E-state index >= 15 is 0 Å². The summed E-state index contributed by atoms with van der Waals surface area (Å²) in [5, 5.41) is 6.83. The van der Waals surface area contributed by atoms with Crippen molar-refractivity contribution >= 4 is 35.8 Å². The Labute approximate surface area is 210 Å². The van der Waals surface area contributed by atoms with Crippen LogP contribution in [0, 0.1) is 5.41 Å². The summed E-state index contributed by atoms with van der Waals surface area (Å²) >= 11 is 0. The number of methoxy groups -OCH3 is 2. The van der Waals surface area contributed by atoms with E-state index in [4.69, 9.17) is 9.47 Å². The Bertz CT molecular complexity index is 764. The smallest absolute Gasteiger partial charge is 0.230 e. The predicted molar refractivity (Wildman–Crippen MR) is 140 cm³/mol. The van der Waals surface area contributed by atoms with Crippen molar-refractivity contribution in [2.75, 3.05) is 62.5 Å². The summed E-state index contributed by atoms with van der Waals surface area (Å²) in [6.45, 7) is 1.24. The number of amides is 1. The molecule has 0 bridgehead atoms. The van der Waals surface area contributed by atoms with E-state index in [-0.39, 0.29) is 41.3 Å². The Kier molecular flexibility index (Phi) is 11.6. The van der Waals surface area contributed by atoms with Crippen molar-refractivity contribution in [2.24, 2.45) is 10.4 Å². The fourth-order valence-corrected chi connectivity index (χ4v) is 4.32. The summed E-state index contributed by atoms with van der Waals surface area (Å²) in [7, 11) is 12.8. The lowest BCUT2D eigenvalue weighted by Gasteiger charge is -2.32. The van der Waals surface area contributed by atoms with Crippen molar-refractivity contribution in [1.29, 1.82) is 0 Å². The quantitative estimate of drug-likeness (QED) is 0.275. The molecule has 1 aromatic rings. The molecule has 1 aliphatic rings. The molecule has 1 unspecified atom stereocenters. The van der Waals surface area contributed by atoms with Gasteiger partial charge in [-0.3, -0.25) is 9.79 Å². The van der Waals surface area contributed by atoms with Crippen LogP contribution in [0.5, 0.6) is 11.5 Å². The number of benzene rings is 1. The Morgan fingerprint density at radius 3 is 2.22 bits per heavy atom. The zero-order valence-corrected chi connectivity index (χ0v) is 22.9. The van der Waals surface area contributed by atoms with Crippen molar-refractivity contribution in [2.45, 2.75) is 31.7 Å². The van der Waals surface area contributed by atoms with E-state index in [2.05, 4.69) is 20.5 Å². The highest BCUT2D eigenvalue weighted by atomic mass is 127. The second-order valence-electron chi connectivity index (χ2n) is 8.59. The summed E-state index contributed by atoms with van der Waals surface area (Å²) < 4.78 is 10.8. The maximum absolute atomic E-state index is 12.8. The molecule has 8 nitrogen and oxygen atoms in total. The fraction of sp³-hybridized carbons (Fsp3) is 0.652. The molecule has 0 spiro atoms. The highest BCUT2D eigenvalue weighted by Crippen LogP contribution is 2.39. The van der Waals surface area contributed by atoms with Crippen molar-refractivity contribution in [3.8, 4) is 11.5 Å². The number of hydrogen-bond acceptors (Lipinski definition) is 5. The number of aliphatic imine (C=N–C) groups is 1. The van der Waals surface area contributed by atoms with E-state index in [0.717, 1.165) is 31.2 Å². The number of nitrogens with one attached hydrogen (secondary N) is 2. The van der Waals surface area contributed by atoms with Crippen LogP contribution in [0.1, 0.15) is 37.3 Å². The van der Waals surface area contributed by atoms with Gasteiger partial charge in [0.15, 0.2) is 17.5 Å². The normalized spacial score (nSPS) is 16.2. The SMILES string of the molecule is CN=C(NCC(c1ccc(OC)c(OC)c1)N(C)C)NCC1(C(=O)N(C)C)CCCC1.I. The molecule has 1 atom stereocenters. The molecular weight excluding hydrogens is 521 g/mol. The first-order valence-corrected chi connectivity index (χ1v) is 10.8. The summed E-state index contributed by atoms with van der Waals surface area (Å²) in [4.78, 5) is 21.1. The number of ether oxygens (including phenoxy) is 2. The van der Waals surface area contributed by atoms with E-state index in [1.54, 1.807) is 26.2 Å². The molecule has 0 heterocycles. The van der Waals surface area contributed by atoms with Gasteiger partial charge in [-0.05, 0) is 44.6 Å². The highest BCUT2D eigenvalue weighted by molar-refractivity contribution is 14.0. The van der Waals surface area contributed by atoms with Gasteiger partial charge in [0.1, 0.15) is 0 Å². The lowest BCUT2D eigenvalue weighted by molar-refractivity contribution is -0.138. The van der Waals surface area contributed by atoms with Gasteiger partial charge in [0.2, 0.25) is 5.91 Å². The molecule has 182 valence electrons. The van der Waals surface area contributed by atoms with Gasteiger partial charge in [0.25, 0.3) is 0 Å². The highest BCUT2D eigenvalue weighted by Gasteiger charge is 2.42. The first kappa shape index (κ1) is 28.3. The third-order valence-electron chi connectivity index (χ3n) is 6.12. The number of halogens is 1. The molecule has 0 aromatic heterocycles. The summed E-state index contributed by atoms with van der Waals surface area (Å²) in [5.74, 6) is 2.32. The molecule has 1 aliphatic carbocycles. The molecule has 1 fully saturated rings. The van der Waals surface area contributed by atoms with Gasteiger partial charge in [-0.1, -0.05) is 18.9 Å². The molecule has 1 aromatic carbocycles. The second kappa shape index (κ2) is 13.1. The largest absolute Gasteiger partial charge is 0.493 e. The maximum atomic E-state index is 12.8. The first-order chi connectivity index (χ1) is 14.8. The minimum atomic E-state index is -0.342. The van der Waals surface area contributed by atoms with E-state index in [9.17, 15) is 4.79 Å². The van der Waals surface area contributed by atoms with E-state index in [1.807, 2.05) is 46.4 Å². The van der Waals surface area contributed by atoms with E-state index < -0.39 is 0 Å². The number of carbonyl (C=O) groups is 1. The molecule has 2 rings (SSSR count). The average molecular weight is 562 g/mol. The van der Waals surface area contributed by atoms with Crippen LogP contribution in [0.15, 0.2) is 23.2 Å². The maximum Gasteiger partial charge on any atom is 0.230 e. The molecule has 2 N–H and O–H groups in total. The molecule has 0 saturated heterocycles. The van der Waals surface area contributed by atoms with Gasteiger partial charge in [-0.2, -0.15) is 0 Å². The predicted octanol–water partition coefficient (Wildman–Crippen LogP) is 2.74. The Balaban J connectivity index is 0.00000512. The standard InChI is InChI=1S/C23H39N5O3.HI/c1-24-22(26-16-23(12-8-9-13-23)21(29)28(4)5)25-15-18(27(2)3)17-10-11-19(30-6)20(14-17)31-7;/h10-11,14,18H,8-9,12-13,15-16H2,1-7H3,(H2,24,25,26);1H. The first-order valence-electron chi connectivity index (χ1n) is 10.8.